The molecule has 0 bridgehead atoms. The lowest BCUT2D eigenvalue weighted by Crippen LogP contribution is -2.40. The summed E-state index contributed by atoms with van der Waals surface area (Å²) in [6.07, 6.45) is 8.18. The zero-order valence-corrected chi connectivity index (χ0v) is 21.2. The second-order valence-corrected chi connectivity index (χ2v) is 10.6. The molecule has 9 heteroatoms. The molecule has 2 aliphatic heterocycles. The summed E-state index contributed by atoms with van der Waals surface area (Å²) >= 11 is 7.36. The number of nitrogens with zero attached hydrogens (tertiary/aromatic N) is 3. The summed E-state index contributed by atoms with van der Waals surface area (Å²) in [4.78, 5) is 50.1. The molecule has 1 atom stereocenters. The highest BCUT2D eigenvalue weighted by atomic mass is 35.5. The highest BCUT2D eigenvalue weighted by Crippen LogP contribution is 2.47. The fraction of sp³-hybridized carbons (Fsp3) is 0.520. The SMILES string of the molecule is CCCCCc1ccc2c(c1)C1(CCN(C(=O)CC)C1)CN2C(=O)Cc1ncc(Cl)s1.O=C=O. The maximum atomic E-state index is 13.3. The number of anilines is 1. The number of aryl methyl sites for hydroxylation is 1. The summed E-state index contributed by atoms with van der Waals surface area (Å²) in [6, 6.07) is 6.58. The summed E-state index contributed by atoms with van der Waals surface area (Å²) in [5.74, 6) is 0.239. The first-order valence-electron chi connectivity index (χ1n) is 11.7. The van der Waals surface area contributed by atoms with E-state index in [1.54, 1.807) is 6.20 Å². The molecule has 2 aromatic rings. The molecule has 1 spiro atoms. The average Bonchev–Trinajstić information content (AvgIpc) is 3.52. The van der Waals surface area contributed by atoms with E-state index < -0.39 is 0 Å². The van der Waals surface area contributed by atoms with Crippen molar-refractivity contribution >= 4 is 46.6 Å². The number of hydrogen-bond donors (Lipinski definition) is 0. The molecule has 2 aliphatic rings. The van der Waals surface area contributed by atoms with Crippen LogP contribution in [0, 0.1) is 0 Å². The molecule has 2 amide bonds. The number of carbonyl (C=O) groups excluding carboxylic acids is 4. The zero-order chi connectivity index (χ0) is 24.7. The summed E-state index contributed by atoms with van der Waals surface area (Å²) in [6.45, 7) is 6.21. The van der Waals surface area contributed by atoms with Crippen molar-refractivity contribution in [2.75, 3.05) is 24.5 Å². The van der Waals surface area contributed by atoms with E-state index >= 15 is 0 Å². The fourth-order valence-corrected chi connectivity index (χ4v) is 5.87. The molecule has 1 fully saturated rings. The molecule has 182 valence electrons. The van der Waals surface area contributed by atoms with Crippen LogP contribution < -0.4 is 4.90 Å². The lowest BCUT2D eigenvalue weighted by atomic mass is 9.80. The minimum absolute atomic E-state index is 0.0446. The smallest absolute Gasteiger partial charge is 0.342 e. The third-order valence-corrected chi connectivity index (χ3v) is 7.71. The maximum absolute atomic E-state index is 13.3. The van der Waals surface area contributed by atoms with Gasteiger partial charge in [-0.2, -0.15) is 9.59 Å². The number of carbonyl (C=O) groups is 2. The largest absolute Gasteiger partial charge is 0.373 e. The molecule has 1 aromatic carbocycles. The maximum Gasteiger partial charge on any atom is 0.373 e. The number of hydrogen-bond acceptors (Lipinski definition) is 6. The van der Waals surface area contributed by atoms with E-state index in [0.717, 1.165) is 30.1 Å². The van der Waals surface area contributed by atoms with Crippen molar-refractivity contribution in [3.8, 4) is 0 Å². The standard InChI is InChI=1S/C24H30ClN3O2S.CO2/c1-3-5-6-7-17-8-9-19-18(12-17)24(10-11-27(15-24)22(29)4-2)16-28(19)23(30)13-21-26-14-20(25)31-21;2-1-3/h8-9,12,14H,3-7,10-11,13,15-16H2,1-2H3;. The normalized spacial score (nSPS) is 18.4. The van der Waals surface area contributed by atoms with E-state index in [4.69, 9.17) is 21.2 Å². The van der Waals surface area contributed by atoms with Crippen LogP contribution in [-0.2, 0) is 37.4 Å². The van der Waals surface area contributed by atoms with Crippen molar-refractivity contribution in [3.63, 3.8) is 0 Å². The van der Waals surface area contributed by atoms with Crippen molar-refractivity contribution in [1.82, 2.24) is 9.88 Å². The van der Waals surface area contributed by atoms with Crippen LogP contribution in [0.2, 0.25) is 4.34 Å². The van der Waals surface area contributed by atoms with Crippen molar-refractivity contribution in [1.29, 1.82) is 0 Å². The number of benzene rings is 1. The Kier molecular flexibility index (Phi) is 9.00. The van der Waals surface area contributed by atoms with Gasteiger partial charge in [0.2, 0.25) is 11.8 Å². The van der Waals surface area contributed by atoms with E-state index in [0.29, 0.717) is 23.8 Å². The summed E-state index contributed by atoms with van der Waals surface area (Å²) in [5, 5.41) is 0.739. The van der Waals surface area contributed by atoms with Crippen LogP contribution in [0.25, 0.3) is 0 Å². The number of fused-ring (bicyclic) bond motifs is 2. The third kappa shape index (κ3) is 5.74. The van der Waals surface area contributed by atoms with Gasteiger partial charge < -0.3 is 9.80 Å². The van der Waals surface area contributed by atoms with Crippen LogP contribution >= 0.6 is 22.9 Å². The molecule has 0 radical (unpaired) electrons. The Morgan fingerprint density at radius 1 is 1.18 bits per heavy atom. The topological polar surface area (TPSA) is 87.7 Å². The predicted molar refractivity (Wildman–Crippen MR) is 131 cm³/mol. The van der Waals surface area contributed by atoms with E-state index in [9.17, 15) is 9.59 Å². The molecule has 0 aliphatic carbocycles. The summed E-state index contributed by atoms with van der Waals surface area (Å²) in [7, 11) is 0. The highest BCUT2D eigenvalue weighted by Gasteiger charge is 2.49. The Morgan fingerprint density at radius 3 is 2.59 bits per heavy atom. The second kappa shape index (κ2) is 11.7. The number of unbranched alkanes of at least 4 members (excludes halogenated alkanes) is 2. The van der Waals surface area contributed by atoms with Gasteiger partial charge in [-0.3, -0.25) is 9.59 Å². The molecule has 0 saturated carbocycles. The van der Waals surface area contributed by atoms with Crippen molar-refractivity contribution < 1.29 is 19.2 Å². The number of halogens is 1. The fourth-order valence-electron chi connectivity index (χ4n) is 4.93. The van der Waals surface area contributed by atoms with Crippen LogP contribution in [0.4, 0.5) is 5.69 Å². The zero-order valence-electron chi connectivity index (χ0n) is 19.6. The van der Waals surface area contributed by atoms with Crippen LogP contribution in [0.3, 0.4) is 0 Å². The van der Waals surface area contributed by atoms with Gasteiger partial charge in [0, 0.05) is 37.2 Å². The quantitative estimate of drug-likeness (QED) is 0.522. The predicted octanol–water partition coefficient (Wildman–Crippen LogP) is 4.42. The third-order valence-electron chi connectivity index (χ3n) is 6.59. The Morgan fingerprint density at radius 2 is 1.94 bits per heavy atom. The average molecular weight is 504 g/mol. The van der Waals surface area contributed by atoms with Crippen LogP contribution in [0.15, 0.2) is 24.4 Å². The van der Waals surface area contributed by atoms with Gasteiger partial charge in [-0.25, -0.2) is 4.98 Å². The van der Waals surface area contributed by atoms with Crippen molar-refractivity contribution in [2.45, 2.75) is 64.2 Å². The monoisotopic (exact) mass is 503 g/mol. The molecule has 7 nitrogen and oxygen atoms in total. The van der Waals surface area contributed by atoms with Gasteiger partial charge in [-0.1, -0.05) is 50.4 Å². The Labute approximate surface area is 209 Å². The van der Waals surface area contributed by atoms with Gasteiger partial charge in [0.1, 0.15) is 9.34 Å². The number of amides is 2. The van der Waals surface area contributed by atoms with Gasteiger partial charge in [-0.05, 0) is 36.5 Å². The van der Waals surface area contributed by atoms with E-state index in [-0.39, 0.29) is 29.8 Å². The minimum Gasteiger partial charge on any atom is -0.342 e. The first kappa shape index (κ1) is 26.1. The van der Waals surface area contributed by atoms with Gasteiger partial charge in [0.15, 0.2) is 0 Å². The van der Waals surface area contributed by atoms with Crippen LogP contribution in [-0.4, -0.2) is 47.5 Å². The highest BCUT2D eigenvalue weighted by molar-refractivity contribution is 7.15. The lowest BCUT2D eigenvalue weighted by Gasteiger charge is -2.26. The minimum atomic E-state index is -0.170. The number of likely N-dealkylation sites (tertiary alicyclic amines) is 1. The van der Waals surface area contributed by atoms with Crippen molar-refractivity contribution in [2.24, 2.45) is 0 Å². The first-order valence-corrected chi connectivity index (χ1v) is 12.9. The van der Waals surface area contributed by atoms with Crippen LogP contribution in [0.1, 0.15) is 62.1 Å². The Hall–Kier alpha value is -2.54. The number of thiazole rings is 1. The summed E-state index contributed by atoms with van der Waals surface area (Å²) < 4.78 is 0.599. The molecular formula is C25H30ClN3O4S. The molecule has 0 N–H and O–H groups in total. The van der Waals surface area contributed by atoms with Gasteiger partial charge in [0.05, 0.1) is 12.6 Å². The summed E-state index contributed by atoms with van der Waals surface area (Å²) in [5.41, 5.74) is 3.39. The van der Waals surface area contributed by atoms with Crippen molar-refractivity contribution in [3.05, 3.63) is 44.9 Å². The molecule has 1 unspecified atom stereocenters. The Bertz CT molecular complexity index is 1070. The second-order valence-electron chi connectivity index (χ2n) is 8.81. The Balaban J connectivity index is 0.00000103. The molecule has 1 aromatic heterocycles. The number of aromatic nitrogens is 1. The van der Waals surface area contributed by atoms with E-state index in [1.807, 2.05) is 16.7 Å². The molecule has 4 rings (SSSR count). The number of rotatable bonds is 7. The van der Waals surface area contributed by atoms with E-state index in [1.165, 1.54) is 41.7 Å². The molecule has 3 heterocycles. The van der Waals surface area contributed by atoms with Crippen LogP contribution in [0.5, 0.6) is 0 Å². The van der Waals surface area contributed by atoms with Gasteiger partial charge >= 0.3 is 6.15 Å². The molecular weight excluding hydrogens is 474 g/mol. The van der Waals surface area contributed by atoms with E-state index in [2.05, 4.69) is 30.1 Å². The van der Waals surface area contributed by atoms with Gasteiger partial charge in [-0.15, -0.1) is 11.3 Å². The first-order chi connectivity index (χ1) is 16.4. The molecule has 34 heavy (non-hydrogen) atoms. The van der Waals surface area contributed by atoms with Gasteiger partial charge in [0.25, 0.3) is 0 Å². The molecule has 1 saturated heterocycles. The lowest BCUT2D eigenvalue weighted by molar-refractivity contribution is -0.191.